The summed E-state index contributed by atoms with van der Waals surface area (Å²) in [6, 6.07) is 12.4. The van der Waals surface area contributed by atoms with E-state index in [4.69, 9.17) is 9.72 Å². The van der Waals surface area contributed by atoms with Crippen LogP contribution in [0.4, 0.5) is 5.69 Å². The number of nitrogens with zero attached hydrogens (tertiary/aromatic N) is 1. The standard InChI is InChI=1S/C20H23N3OS/c1-24-16-4-2-3-15(11-16)18-12-19(20-17(23-18)7-10-25-20)22-13-14-5-8-21-9-6-14/h2-4,7,10-12,14,21H,5-6,8-9,13H2,1H3,(H,22,23). The summed E-state index contributed by atoms with van der Waals surface area (Å²) in [7, 11) is 1.70. The number of ether oxygens (including phenoxy) is 1. The summed E-state index contributed by atoms with van der Waals surface area (Å²) in [5.74, 6) is 1.60. The highest BCUT2D eigenvalue weighted by atomic mass is 32.1. The SMILES string of the molecule is COc1cccc(-c2cc(NCC3CCNCC3)c3sccc3n2)c1. The van der Waals surface area contributed by atoms with Gasteiger partial charge in [-0.15, -0.1) is 11.3 Å². The fourth-order valence-corrected chi connectivity index (χ4v) is 4.18. The van der Waals surface area contributed by atoms with E-state index in [9.17, 15) is 0 Å². The van der Waals surface area contributed by atoms with Gasteiger partial charge in [-0.3, -0.25) is 0 Å². The van der Waals surface area contributed by atoms with Crippen LogP contribution < -0.4 is 15.4 Å². The van der Waals surface area contributed by atoms with Gasteiger partial charge in [0.2, 0.25) is 0 Å². The van der Waals surface area contributed by atoms with Crippen LogP contribution in [0, 0.1) is 5.92 Å². The molecule has 0 spiro atoms. The van der Waals surface area contributed by atoms with E-state index in [0.29, 0.717) is 0 Å². The summed E-state index contributed by atoms with van der Waals surface area (Å²) < 4.78 is 6.60. The molecule has 25 heavy (non-hydrogen) atoms. The van der Waals surface area contributed by atoms with Crippen LogP contribution in [0.1, 0.15) is 12.8 Å². The molecule has 0 amide bonds. The Morgan fingerprint density at radius 1 is 1.24 bits per heavy atom. The predicted octanol–water partition coefficient (Wildman–Crippen LogP) is 4.38. The summed E-state index contributed by atoms with van der Waals surface area (Å²) in [5, 5.41) is 9.24. The van der Waals surface area contributed by atoms with Gasteiger partial charge in [-0.05, 0) is 61.5 Å². The molecule has 0 aliphatic carbocycles. The van der Waals surface area contributed by atoms with Crippen LogP contribution in [0.5, 0.6) is 5.75 Å². The maximum Gasteiger partial charge on any atom is 0.119 e. The Labute approximate surface area is 152 Å². The van der Waals surface area contributed by atoms with E-state index in [1.807, 2.05) is 18.2 Å². The van der Waals surface area contributed by atoms with Crippen molar-refractivity contribution in [1.29, 1.82) is 0 Å². The molecule has 4 nitrogen and oxygen atoms in total. The molecule has 3 aromatic rings. The molecule has 4 rings (SSSR count). The minimum atomic E-state index is 0.740. The van der Waals surface area contributed by atoms with E-state index < -0.39 is 0 Å². The van der Waals surface area contributed by atoms with Gasteiger partial charge in [0, 0.05) is 12.1 Å². The summed E-state index contributed by atoms with van der Waals surface area (Å²) in [4.78, 5) is 4.84. The molecule has 5 heteroatoms. The smallest absolute Gasteiger partial charge is 0.119 e. The van der Waals surface area contributed by atoms with Gasteiger partial charge in [-0.1, -0.05) is 12.1 Å². The Bertz CT molecular complexity index is 855. The summed E-state index contributed by atoms with van der Waals surface area (Å²) in [6.07, 6.45) is 2.49. The van der Waals surface area contributed by atoms with Crippen molar-refractivity contribution < 1.29 is 4.74 Å². The van der Waals surface area contributed by atoms with Crippen molar-refractivity contribution in [2.75, 3.05) is 32.1 Å². The molecule has 2 aromatic heterocycles. The van der Waals surface area contributed by atoms with Crippen LogP contribution >= 0.6 is 11.3 Å². The second-order valence-electron chi connectivity index (χ2n) is 6.50. The first-order valence-electron chi connectivity index (χ1n) is 8.81. The first kappa shape index (κ1) is 16.4. The molecule has 0 atom stereocenters. The third-order valence-corrected chi connectivity index (χ3v) is 5.75. The number of methoxy groups -OCH3 is 1. The number of rotatable bonds is 5. The highest BCUT2D eigenvalue weighted by Crippen LogP contribution is 2.33. The Kier molecular flexibility index (Phi) is 4.85. The van der Waals surface area contributed by atoms with Gasteiger partial charge in [0.1, 0.15) is 5.75 Å². The van der Waals surface area contributed by atoms with Crippen LogP contribution in [0.15, 0.2) is 41.8 Å². The molecular formula is C20H23N3OS. The topological polar surface area (TPSA) is 46.2 Å². The molecule has 130 valence electrons. The molecule has 1 aromatic carbocycles. The zero-order valence-electron chi connectivity index (χ0n) is 14.4. The second-order valence-corrected chi connectivity index (χ2v) is 7.41. The third-order valence-electron chi connectivity index (χ3n) is 4.82. The first-order chi connectivity index (χ1) is 12.3. The number of fused-ring (bicyclic) bond motifs is 1. The number of hydrogen-bond acceptors (Lipinski definition) is 5. The van der Waals surface area contributed by atoms with Crippen LogP contribution in [-0.4, -0.2) is 31.7 Å². The zero-order chi connectivity index (χ0) is 17.1. The Hall–Kier alpha value is -2.11. The van der Waals surface area contributed by atoms with Crippen LogP contribution in [0.2, 0.25) is 0 Å². The van der Waals surface area contributed by atoms with Gasteiger partial charge < -0.3 is 15.4 Å². The molecule has 1 aliphatic rings. The van der Waals surface area contributed by atoms with E-state index in [1.165, 1.54) is 23.2 Å². The van der Waals surface area contributed by atoms with Crippen molar-refractivity contribution >= 4 is 27.2 Å². The number of anilines is 1. The van der Waals surface area contributed by atoms with Gasteiger partial charge in [0.25, 0.3) is 0 Å². The molecule has 3 heterocycles. The number of aromatic nitrogens is 1. The first-order valence-corrected chi connectivity index (χ1v) is 9.69. The van der Waals surface area contributed by atoms with Crippen LogP contribution in [-0.2, 0) is 0 Å². The van der Waals surface area contributed by atoms with Crippen molar-refractivity contribution in [2.45, 2.75) is 12.8 Å². The van der Waals surface area contributed by atoms with Crippen molar-refractivity contribution in [2.24, 2.45) is 5.92 Å². The molecular weight excluding hydrogens is 330 g/mol. The van der Waals surface area contributed by atoms with Crippen molar-refractivity contribution in [3.8, 4) is 17.0 Å². The van der Waals surface area contributed by atoms with Gasteiger partial charge in [-0.2, -0.15) is 0 Å². The van der Waals surface area contributed by atoms with Gasteiger partial charge in [-0.25, -0.2) is 4.98 Å². The fraction of sp³-hybridized carbons (Fsp3) is 0.350. The monoisotopic (exact) mass is 353 g/mol. The minimum absolute atomic E-state index is 0.740. The summed E-state index contributed by atoms with van der Waals surface area (Å²) in [6.45, 7) is 3.29. The molecule has 0 radical (unpaired) electrons. The Balaban J connectivity index is 1.64. The molecule has 2 N–H and O–H groups in total. The fourth-order valence-electron chi connectivity index (χ4n) is 3.36. The zero-order valence-corrected chi connectivity index (χ0v) is 15.2. The third kappa shape index (κ3) is 3.62. The van der Waals surface area contributed by atoms with Crippen molar-refractivity contribution in [1.82, 2.24) is 10.3 Å². The molecule has 1 fully saturated rings. The highest BCUT2D eigenvalue weighted by Gasteiger charge is 2.14. The number of benzene rings is 1. The molecule has 0 unspecified atom stereocenters. The largest absolute Gasteiger partial charge is 0.497 e. The lowest BCUT2D eigenvalue weighted by atomic mass is 9.98. The van der Waals surface area contributed by atoms with Gasteiger partial charge in [0.05, 0.1) is 28.7 Å². The maximum absolute atomic E-state index is 5.36. The number of pyridine rings is 1. The molecule has 0 bridgehead atoms. The summed E-state index contributed by atoms with van der Waals surface area (Å²) in [5.41, 5.74) is 4.31. The lowest BCUT2D eigenvalue weighted by molar-refractivity contribution is 0.390. The van der Waals surface area contributed by atoms with Crippen LogP contribution in [0.3, 0.4) is 0 Å². The van der Waals surface area contributed by atoms with E-state index >= 15 is 0 Å². The van der Waals surface area contributed by atoms with Crippen LogP contribution in [0.25, 0.3) is 21.5 Å². The maximum atomic E-state index is 5.36. The number of thiophene rings is 1. The lowest BCUT2D eigenvalue weighted by Gasteiger charge is -2.23. The van der Waals surface area contributed by atoms with Gasteiger partial charge in [0.15, 0.2) is 0 Å². The average molecular weight is 353 g/mol. The normalized spacial score (nSPS) is 15.4. The average Bonchev–Trinajstić information content (AvgIpc) is 3.15. The van der Waals surface area contributed by atoms with E-state index in [0.717, 1.165) is 48.1 Å². The van der Waals surface area contributed by atoms with Crippen molar-refractivity contribution in [3.63, 3.8) is 0 Å². The number of piperidine rings is 1. The van der Waals surface area contributed by atoms with E-state index in [1.54, 1.807) is 18.4 Å². The number of hydrogen-bond donors (Lipinski definition) is 2. The Morgan fingerprint density at radius 3 is 2.96 bits per heavy atom. The quantitative estimate of drug-likeness (QED) is 0.714. The van der Waals surface area contributed by atoms with Crippen molar-refractivity contribution in [3.05, 3.63) is 41.8 Å². The molecule has 1 aliphatic heterocycles. The summed E-state index contributed by atoms with van der Waals surface area (Å²) >= 11 is 1.75. The molecule has 1 saturated heterocycles. The van der Waals surface area contributed by atoms with Gasteiger partial charge >= 0.3 is 0 Å². The highest BCUT2D eigenvalue weighted by molar-refractivity contribution is 7.17. The predicted molar refractivity (Wildman–Crippen MR) is 106 cm³/mol. The lowest BCUT2D eigenvalue weighted by Crippen LogP contribution is -2.31. The second kappa shape index (κ2) is 7.42. The Morgan fingerprint density at radius 2 is 2.12 bits per heavy atom. The molecule has 0 saturated carbocycles. The number of nitrogens with one attached hydrogen (secondary N) is 2. The minimum Gasteiger partial charge on any atom is -0.497 e. The van der Waals surface area contributed by atoms with E-state index in [2.05, 4.69) is 34.2 Å². The van der Waals surface area contributed by atoms with E-state index in [-0.39, 0.29) is 0 Å².